The van der Waals surface area contributed by atoms with Crippen molar-refractivity contribution >= 4 is 16.2 Å². The molecular formula is C14H29BO3Si. The van der Waals surface area contributed by atoms with Crippen molar-refractivity contribution in [2.45, 2.75) is 76.9 Å². The van der Waals surface area contributed by atoms with Crippen LogP contribution in [-0.2, 0) is 9.16 Å². The second kappa shape index (κ2) is 5.51. The molecule has 0 amide bonds. The van der Waals surface area contributed by atoms with E-state index in [0.717, 1.165) is 6.42 Å². The second-order valence-corrected chi connectivity index (χ2v) is 12.0. The number of aliphatic hydroxyl groups excluding tert-OH is 1. The molecule has 1 rings (SSSR count). The minimum absolute atomic E-state index is 0.00424. The molecule has 0 saturated carbocycles. The van der Waals surface area contributed by atoms with E-state index in [4.69, 9.17) is 17.0 Å². The minimum atomic E-state index is -1.88. The largest absolute Gasteiger partial charge is 0.412 e. The van der Waals surface area contributed by atoms with Crippen LogP contribution in [0.2, 0.25) is 18.1 Å². The lowest BCUT2D eigenvalue weighted by molar-refractivity contribution is -0.0709. The third-order valence-corrected chi connectivity index (χ3v) is 9.59. The predicted octanol–water partition coefficient (Wildman–Crippen LogP) is 2.68. The molecule has 0 aromatic carbocycles. The Bertz CT molecular complexity index is 310. The molecule has 0 unspecified atom stereocenters. The lowest BCUT2D eigenvalue weighted by Crippen LogP contribution is -2.48. The van der Waals surface area contributed by atoms with Crippen LogP contribution >= 0.6 is 0 Å². The first kappa shape index (κ1) is 17.2. The molecule has 1 N–H and O–H groups in total. The van der Waals surface area contributed by atoms with Gasteiger partial charge in [0.05, 0.1) is 18.3 Å². The number of rotatable bonds is 4. The standard InChI is InChI=1S/C14H29BO3Si/c1-8-14(9-16)10(2)11(12(15)17-14)18-19(6,7)13(3,4)5/h10-12,16H,8-9H2,1-7H3/t10-,11+,12+,14+/m0/s1. The number of hydrogen-bond acceptors (Lipinski definition) is 3. The van der Waals surface area contributed by atoms with Gasteiger partial charge in [-0.2, -0.15) is 0 Å². The molecule has 5 heteroatoms. The van der Waals surface area contributed by atoms with E-state index in [1.54, 1.807) is 0 Å². The molecular weight excluding hydrogens is 255 g/mol. The van der Waals surface area contributed by atoms with E-state index in [0.29, 0.717) is 0 Å². The summed E-state index contributed by atoms with van der Waals surface area (Å²) < 4.78 is 12.3. The van der Waals surface area contributed by atoms with Crippen molar-refractivity contribution < 1.29 is 14.3 Å². The van der Waals surface area contributed by atoms with Crippen LogP contribution in [0, 0.1) is 5.92 Å². The van der Waals surface area contributed by atoms with Crippen molar-refractivity contribution in [3.05, 3.63) is 0 Å². The molecule has 2 radical (unpaired) electrons. The van der Waals surface area contributed by atoms with Gasteiger partial charge in [0.2, 0.25) is 0 Å². The van der Waals surface area contributed by atoms with Crippen LogP contribution in [0.3, 0.4) is 0 Å². The SMILES string of the molecule is [B][C@@H]1O[C@](CC)(CO)[C@@H](C)[C@H]1O[Si](C)(C)C(C)(C)C. The summed E-state index contributed by atoms with van der Waals surface area (Å²) in [5.41, 5.74) is -0.549. The quantitative estimate of drug-likeness (QED) is 0.807. The molecule has 1 fully saturated rings. The van der Waals surface area contributed by atoms with Gasteiger partial charge in [0.15, 0.2) is 8.32 Å². The third kappa shape index (κ3) is 3.09. The molecule has 0 aliphatic carbocycles. The van der Waals surface area contributed by atoms with E-state index in [2.05, 4.69) is 40.8 Å². The highest BCUT2D eigenvalue weighted by Crippen LogP contribution is 2.44. The molecule has 0 aromatic heterocycles. The third-order valence-electron chi connectivity index (χ3n) is 5.12. The van der Waals surface area contributed by atoms with Gasteiger partial charge in [0.1, 0.15) is 7.85 Å². The van der Waals surface area contributed by atoms with E-state index < -0.39 is 19.9 Å². The fourth-order valence-corrected chi connectivity index (χ4v) is 3.79. The first-order valence-corrected chi connectivity index (χ1v) is 10.1. The first-order valence-electron chi connectivity index (χ1n) is 7.23. The van der Waals surface area contributed by atoms with Crippen molar-refractivity contribution in [2.24, 2.45) is 5.92 Å². The van der Waals surface area contributed by atoms with Gasteiger partial charge in [-0.1, -0.05) is 34.6 Å². The molecule has 1 saturated heterocycles. The van der Waals surface area contributed by atoms with Crippen molar-refractivity contribution in [1.29, 1.82) is 0 Å². The van der Waals surface area contributed by atoms with Crippen molar-refractivity contribution in [3.63, 3.8) is 0 Å². The molecule has 110 valence electrons. The van der Waals surface area contributed by atoms with Gasteiger partial charge in [0, 0.05) is 11.9 Å². The maximum Gasteiger partial charge on any atom is 0.192 e. The molecule has 1 aliphatic rings. The Morgan fingerprint density at radius 3 is 2.21 bits per heavy atom. The fourth-order valence-electron chi connectivity index (χ4n) is 2.41. The summed E-state index contributed by atoms with van der Waals surface area (Å²) in [6, 6.07) is -0.448. The van der Waals surface area contributed by atoms with Gasteiger partial charge >= 0.3 is 0 Å². The van der Waals surface area contributed by atoms with Gasteiger partial charge in [-0.05, 0) is 24.6 Å². The van der Waals surface area contributed by atoms with Crippen LogP contribution in [-0.4, -0.2) is 45.6 Å². The van der Waals surface area contributed by atoms with Crippen LogP contribution in [0.5, 0.6) is 0 Å². The smallest absolute Gasteiger partial charge is 0.192 e. The lowest BCUT2D eigenvalue weighted by Gasteiger charge is -2.40. The highest BCUT2D eigenvalue weighted by Gasteiger charge is 2.52. The predicted molar refractivity (Wildman–Crippen MR) is 82.0 cm³/mol. The van der Waals surface area contributed by atoms with Gasteiger partial charge in [-0.3, -0.25) is 0 Å². The van der Waals surface area contributed by atoms with E-state index in [1.165, 1.54) is 0 Å². The molecule has 4 atom stereocenters. The zero-order valence-corrected chi connectivity index (χ0v) is 14.5. The van der Waals surface area contributed by atoms with Crippen LogP contribution in [0.25, 0.3) is 0 Å². The van der Waals surface area contributed by atoms with Crippen molar-refractivity contribution in [1.82, 2.24) is 0 Å². The minimum Gasteiger partial charge on any atom is -0.412 e. The molecule has 0 aromatic rings. The van der Waals surface area contributed by atoms with Crippen molar-refractivity contribution in [3.8, 4) is 0 Å². The van der Waals surface area contributed by atoms with E-state index in [9.17, 15) is 5.11 Å². The van der Waals surface area contributed by atoms with Crippen LogP contribution in [0.15, 0.2) is 0 Å². The zero-order valence-electron chi connectivity index (χ0n) is 13.5. The van der Waals surface area contributed by atoms with Gasteiger partial charge in [-0.15, -0.1) is 0 Å². The van der Waals surface area contributed by atoms with E-state index >= 15 is 0 Å². The Labute approximate surface area is 120 Å². The molecule has 0 bridgehead atoms. The van der Waals surface area contributed by atoms with E-state index in [1.807, 2.05) is 6.92 Å². The molecule has 0 spiro atoms. The summed E-state index contributed by atoms with van der Waals surface area (Å²) in [4.78, 5) is 0. The summed E-state index contributed by atoms with van der Waals surface area (Å²) in [5.74, 6) is 0.103. The van der Waals surface area contributed by atoms with Crippen LogP contribution in [0.4, 0.5) is 0 Å². The lowest BCUT2D eigenvalue weighted by atomic mass is 9.82. The maximum absolute atomic E-state index is 9.66. The average molecular weight is 284 g/mol. The summed E-state index contributed by atoms with van der Waals surface area (Å²) in [7, 11) is 4.23. The molecule has 1 aliphatic heterocycles. The summed E-state index contributed by atoms with van der Waals surface area (Å²) in [5, 5.41) is 9.80. The molecule has 1 heterocycles. The topological polar surface area (TPSA) is 38.7 Å². The van der Waals surface area contributed by atoms with Gasteiger partial charge < -0.3 is 14.3 Å². The normalized spacial score (nSPS) is 36.7. The second-order valence-electron chi connectivity index (χ2n) is 7.29. The Morgan fingerprint density at radius 2 is 1.89 bits per heavy atom. The van der Waals surface area contributed by atoms with Crippen LogP contribution in [0.1, 0.15) is 41.0 Å². The Balaban J connectivity index is 2.91. The zero-order chi connectivity index (χ0) is 15.1. The first-order chi connectivity index (χ1) is 8.50. The fraction of sp³-hybridized carbons (Fsp3) is 1.00. The summed E-state index contributed by atoms with van der Waals surface area (Å²) in [6.07, 6.45) is 0.614. The Kier molecular flexibility index (Phi) is 4.99. The maximum atomic E-state index is 9.66. The number of ether oxygens (including phenoxy) is 1. The Hall–Kier alpha value is 0.162. The van der Waals surface area contributed by atoms with E-state index in [-0.39, 0.29) is 23.7 Å². The number of aliphatic hydroxyl groups is 1. The van der Waals surface area contributed by atoms with Crippen molar-refractivity contribution in [2.75, 3.05) is 6.61 Å². The highest BCUT2D eigenvalue weighted by atomic mass is 28.4. The summed E-state index contributed by atoms with van der Waals surface area (Å²) >= 11 is 0. The molecule has 19 heavy (non-hydrogen) atoms. The molecule has 3 nitrogen and oxygen atoms in total. The monoisotopic (exact) mass is 284 g/mol. The highest BCUT2D eigenvalue weighted by molar-refractivity contribution is 6.74. The average Bonchev–Trinajstić information content (AvgIpc) is 2.52. The Morgan fingerprint density at radius 1 is 1.37 bits per heavy atom. The summed E-state index contributed by atoms with van der Waals surface area (Å²) in [6.45, 7) is 15.2. The van der Waals surface area contributed by atoms with Crippen LogP contribution < -0.4 is 0 Å². The van der Waals surface area contributed by atoms with Gasteiger partial charge in [-0.25, -0.2) is 0 Å². The number of hydrogen-bond donors (Lipinski definition) is 1. The van der Waals surface area contributed by atoms with Gasteiger partial charge in [0.25, 0.3) is 0 Å².